The average molecular weight is 219 g/mol. The largest absolute Gasteiger partial charge is 0.327 e. The maximum Gasteiger partial charge on any atom is 0.187 e. The summed E-state index contributed by atoms with van der Waals surface area (Å²) in [5, 5.41) is 18.4. The van der Waals surface area contributed by atoms with Crippen LogP contribution in [-0.2, 0) is 20.1 Å². The summed E-state index contributed by atoms with van der Waals surface area (Å²) in [6.07, 6.45) is 0. The molecule has 0 aromatic carbocycles. The fraction of sp³-hybridized carbons (Fsp3) is 0.444. The molecule has 0 saturated heterocycles. The lowest BCUT2D eigenvalue weighted by Crippen LogP contribution is -2.15. The molecule has 0 spiro atoms. The Morgan fingerprint density at radius 2 is 2.25 bits per heavy atom. The van der Waals surface area contributed by atoms with Crippen LogP contribution in [0.1, 0.15) is 24.1 Å². The molecule has 2 N–H and O–H groups in total. The van der Waals surface area contributed by atoms with Crippen LogP contribution in [0, 0.1) is 5.41 Å². The van der Waals surface area contributed by atoms with Crippen molar-refractivity contribution in [1.29, 1.82) is 5.41 Å². The lowest BCUT2D eigenvalue weighted by Gasteiger charge is -2.06. The Labute approximate surface area is 94.5 Å². The molecule has 1 aromatic rings. The van der Waals surface area contributed by atoms with Crippen molar-refractivity contribution >= 4 is 19.3 Å². The number of aliphatic imine (C=N–C) groups is 1. The van der Waals surface area contributed by atoms with Gasteiger partial charge in [-0.15, -0.1) is 0 Å². The van der Waals surface area contributed by atoms with Crippen molar-refractivity contribution in [3.63, 3.8) is 0 Å². The number of hydrogen-bond acceptors (Lipinski definition) is 4. The van der Waals surface area contributed by atoms with Crippen molar-refractivity contribution < 1.29 is 5.21 Å². The zero-order chi connectivity index (χ0) is 11.9. The minimum absolute atomic E-state index is 0.168. The Morgan fingerprint density at radius 1 is 1.56 bits per heavy atom. The number of aromatic nitrogens is 2. The van der Waals surface area contributed by atoms with Gasteiger partial charge < -0.3 is 9.77 Å². The van der Waals surface area contributed by atoms with Crippen LogP contribution in [0.25, 0.3) is 0 Å². The van der Waals surface area contributed by atoms with Gasteiger partial charge in [0.15, 0.2) is 19.5 Å². The fourth-order valence-electron chi connectivity index (χ4n) is 1.80. The Hall–Kier alpha value is -1.47. The highest BCUT2D eigenvalue weighted by Gasteiger charge is 2.25. The van der Waals surface area contributed by atoms with Crippen LogP contribution in [0.5, 0.6) is 0 Å². The van der Waals surface area contributed by atoms with Crippen molar-refractivity contribution in [2.45, 2.75) is 20.0 Å². The molecule has 1 aliphatic rings. The molecule has 6 nitrogen and oxygen atoms in total. The monoisotopic (exact) mass is 219 g/mol. The lowest BCUT2D eigenvalue weighted by molar-refractivity contribution is -0.0985. The van der Waals surface area contributed by atoms with Crippen LogP contribution >= 0.6 is 0 Å². The second-order valence-corrected chi connectivity index (χ2v) is 4.12. The van der Waals surface area contributed by atoms with E-state index in [0.29, 0.717) is 18.9 Å². The maximum atomic E-state index is 9.34. The maximum absolute atomic E-state index is 9.34. The summed E-state index contributed by atoms with van der Waals surface area (Å²) in [6, 6.07) is 0. The number of nitrogens with zero attached hydrogens (tertiary/aromatic N) is 4. The zero-order valence-electron chi connectivity index (χ0n) is 9.65. The van der Waals surface area contributed by atoms with E-state index >= 15 is 0 Å². The van der Waals surface area contributed by atoms with E-state index in [4.69, 9.17) is 5.41 Å². The van der Waals surface area contributed by atoms with E-state index in [2.05, 4.69) is 9.98 Å². The predicted molar refractivity (Wildman–Crippen MR) is 62.7 cm³/mol. The third kappa shape index (κ3) is 1.79. The number of fused-ring (bicyclic) bond motifs is 1. The number of hydrogen-bond donors (Lipinski definition) is 2. The molecule has 0 atom stereocenters. The minimum Gasteiger partial charge on any atom is -0.327 e. The van der Waals surface area contributed by atoms with Crippen LogP contribution in [-0.4, -0.2) is 39.1 Å². The van der Waals surface area contributed by atoms with E-state index in [0.717, 1.165) is 17.0 Å². The van der Waals surface area contributed by atoms with E-state index in [-0.39, 0.29) is 5.84 Å². The van der Waals surface area contributed by atoms with Gasteiger partial charge in [0.2, 0.25) is 0 Å². The van der Waals surface area contributed by atoms with Crippen LogP contribution in [0.15, 0.2) is 4.99 Å². The van der Waals surface area contributed by atoms with Crippen molar-refractivity contribution in [2.75, 3.05) is 0 Å². The van der Waals surface area contributed by atoms with Crippen molar-refractivity contribution in [1.82, 2.24) is 14.6 Å². The molecular weight excluding hydrogens is 205 g/mol. The lowest BCUT2D eigenvalue weighted by atomic mass is 10.0. The topological polar surface area (TPSA) is 77.5 Å². The fourth-order valence-corrected chi connectivity index (χ4v) is 1.80. The number of rotatable bonds is 1. The van der Waals surface area contributed by atoms with E-state index in [1.807, 2.05) is 26.4 Å². The van der Waals surface area contributed by atoms with E-state index in [1.54, 1.807) is 0 Å². The Morgan fingerprint density at radius 3 is 2.81 bits per heavy atom. The summed E-state index contributed by atoms with van der Waals surface area (Å²) in [7, 11) is 3.69. The van der Waals surface area contributed by atoms with Gasteiger partial charge >= 0.3 is 0 Å². The normalized spacial score (nSPS) is 16.6. The highest BCUT2D eigenvalue weighted by Crippen LogP contribution is 2.21. The smallest absolute Gasteiger partial charge is 0.187 e. The molecule has 2 heterocycles. The first-order chi connectivity index (χ1) is 7.49. The predicted octanol–water partition coefficient (Wildman–Crippen LogP) is -0.498. The molecular formula is C9H14BN5O. The quantitative estimate of drug-likeness (QED) is 0.379. The van der Waals surface area contributed by atoms with Gasteiger partial charge in [0, 0.05) is 7.05 Å². The third-order valence-electron chi connectivity index (χ3n) is 2.51. The van der Waals surface area contributed by atoms with Gasteiger partial charge in [0.25, 0.3) is 0 Å². The van der Waals surface area contributed by atoms with Crippen LogP contribution in [0.2, 0.25) is 0 Å². The Balaban J connectivity index is 2.36. The first-order valence-corrected chi connectivity index (χ1v) is 5.08. The molecule has 7 heteroatoms. The van der Waals surface area contributed by atoms with E-state index in [1.165, 1.54) is 5.06 Å². The van der Waals surface area contributed by atoms with Gasteiger partial charge in [0.1, 0.15) is 0 Å². The molecule has 0 fully saturated rings. The Bertz CT molecular complexity index is 474. The van der Waals surface area contributed by atoms with Crippen LogP contribution in [0.3, 0.4) is 0 Å². The van der Waals surface area contributed by atoms with E-state index < -0.39 is 0 Å². The average Bonchev–Trinajstić information content (AvgIpc) is 2.64. The van der Waals surface area contributed by atoms with Gasteiger partial charge in [-0.1, -0.05) is 0 Å². The first kappa shape index (κ1) is 11.0. The summed E-state index contributed by atoms with van der Waals surface area (Å²) in [5.74, 6) is 0.723. The molecule has 2 rings (SSSR count). The molecule has 1 aliphatic heterocycles. The van der Waals surface area contributed by atoms with Gasteiger partial charge in [-0.2, -0.15) is 5.06 Å². The SMILES string of the molecule is B/C(C)=N\C(=N)c1nc2c(n1C)CN(O)C2. The molecule has 0 saturated carbocycles. The molecule has 84 valence electrons. The highest BCUT2D eigenvalue weighted by atomic mass is 16.5. The molecule has 0 radical (unpaired) electrons. The summed E-state index contributed by atoms with van der Waals surface area (Å²) >= 11 is 0. The molecule has 0 unspecified atom stereocenters. The molecule has 0 aliphatic carbocycles. The van der Waals surface area contributed by atoms with E-state index in [9.17, 15) is 5.21 Å². The molecule has 1 aromatic heterocycles. The number of hydroxylamine groups is 2. The van der Waals surface area contributed by atoms with Crippen LogP contribution < -0.4 is 0 Å². The standard InChI is InChI=1S/C9H14BN5O/c1-5(10)12-8(11)9-13-6-3-15(16)4-7(6)14(9)2/h11,16H,3-4,10H2,1-2H3/b11-8?,12-5-. The summed E-state index contributed by atoms with van der Waals surface area (Å²) in [6.45, 7) is 2.73. The van der Waals surface area contributed by atoms with Gasteiger partial charge in [0.05, 0.1) is 24.5 Å². The summed E-state index contributed by atoms with van der Waals surface area (Å²) < 4.78 is 1.82. The Kier molecular flexibility index (Phi) is 2.65. The highest BCUT2D eigenvalue weighted by molar-refractivity contribution is 6.60. The van der Waals surface area contributed by atoms with Gasteiger partial charge in [-0.25, -0.2) is 9.98 Å². The van der Waals surface area contributed by atoms with Crippen molar-refractivity contribution in [3.05, 3.63) is 17.2 Å². The second-order valence-electron chi connectivity index (χ2n) is 4.12. The number of imidazole rings is 1. The van der Waals surface area contributed by atoms with Crippen LogP contribution in [0.4, 0.5) is 0 Å². The molecule has 16 heavy (non-hydrogen) atoms. The van der Waals surface area contributed by atoms with Crippen molar-refractivity contribution in [3.8, 4) is 0 Å². The van der Waals surface area contributed by atoms with Gasteiger partial charge in [-0.05, 0) is 12.5 Å². The third-order valence-corrected chi connectivity index (χ3v) is 2.51. The summed E-state index contributed by atoms with van der Waals surface area (Å²) in [4.78, 5) is 8.40. The van der Waals surface area contributed by atoms with Crippen molar-refractivity contribution in [2.24, 2.45) is 12.0 Å². The zero-order valence-corrected chi connectivity index (χ0v) is 9.65. The minimum atomic E-state index is 0.168. The second kappa shape index (κ2) is 3.84. The molecule has 0 bridgehead atoms. The summed E-state index contributed by atoms with van der Waals surface area (Å²) in [5.41, 5.74) is 2.61. The molecule has 0 amide bonds. The van der Waals surface area contributed by atoms with Gasteiger partial charge in [-0.3, -0.25) is 5.41 Å². The number of nitrogens with one attached hydrogen (secondary N) is 1. The first-order valence-electron chi connectivity index (χ1n) is 5.08. The number of amidine groups is 1.